The van der Waals surface area contributed by atoms with Crippen LogP contribution in [0, 0.1) is 5.92 Å². The molecule has 2 amide bonds. The van der Waals surface area contributed by atoms with Crippen LogP contribution >= 0.6 is 0 Å². The lowest BCUT2D eigenvalue weighted by Crippen LogP contribution is -2.52. The summed E-state index contributed by atoms with van der Waals surface area (Å²) in [6, 6.07) is 14.0. The summed E-state index contributed by atoms with van der Waals surface area (Å²) in [6.07, 6.45) is 3.18. The Morgan fingerprint density at radius 2 is 1.91 bits per heavy atom. The van der Waals surface area contributed by atoms with Crippen LogP contribution in [0.5, 0.6) is 0 Å². The van der Waals surface area contributed by atoms with Gasteiger partial charge in [0.15, 0.2) is 5.96 Å². The van der Waals surface area contributed by atoms with Crippen LogP contribution in [0.1, 0.15) is 50.7 Å². The zero-order valence-corrected chi connectivity index (χ0v) is 19.0. The summed E-state index contributed by atoms with van der Waals surface area (Å²) in [6.45, 7) is 7.16. The number of anilines is 1. The lowest BCUT2D eigenvalue weighted by molar-refractivity contribution is -0.129. The Labute approximate surface area is 189 Å². The van der Waals surface area contributed by atoms with Crippen molar-refractivity contribution in [1.29, 1.82) is 0 Å². The van der Waals surface area contributed by atoms with Gasteiger partial charge in [-0.05, 0) is 42.5 Å². The zero-order valence-electron chi connectivity index (χ0n) is 19.0. The Morgan fingerprint density at radius 1 is 1.16 bits per heavy atom. The minimum Gasteiger partial charge on any atom is -0.369 e. The molecule has 2 N–H and O–H groups in total. The van der Waals surface area contributed by atoms with Crippen molar-refractivity contribution in [2.75, 3.05) is 18.0 Å². The highest BCUT2D eigenvalue weighted by Crippen LogP contribution is 2.32. The van der Waals surface area contributed by atoms with Gasteiger partial charge in [-0.15, -0.1) is 0 Å². The second-order valence-corrected chi connectivity index (χ2v) is 9.29. The average Bonchev–Trinajstić information content (AvgIpc) is 3.15. The SMILES string of the molecule is CC(C)[C@]1(C)CC(=O)N(CCc2ccnc(N3CC(c4ccccc4)CC3=O)c2)C(N)=N1. The second-order valence-electron chi connectivity index (χ2n) is 9.29. The number of amides is 2. The van der Waals surface area contributed by atoms with Crippen molar-refractivity contribution in [3.05, 3.63) is 59.8 Å². The molecule has 168 valence electrons. The molecule has 4 rings (SSSR count). The quantitative estimate of drug-likeness (QED) is 0.758. The van der Waals surface area contributed by atoms with E-state index in [4.69, 9.17) is 5.73 Å². The summed E-state index contributed by atoms with van der Waals surface area (Å²) in [5.74, 6) is 1.43. The van der Waals surface area contributed by atoms with Crippen LogP contribution in [0.2, 0.25) is 0 Å². The van der Waals surface area contributed by atoms with E-state index in [-0.39, 0.29) is 29.6 Å². The Kier molecular flexibility index (Phi) is 6.00. The number of hydrogen-bond acceptors (Lipinski definition) is 5. The van der Waals surface area contributed by atoms with E-state index in [1.165, 1.54) is 5.56 Å². The van der Waals surface area contributed by atoms with Gasteiger partial charge in [-0.2, -0.15) is 0 Å². The van der Waals surface area contributed by atoms with Crippen molar-refractivity contribution in [2.45, 2.75) is 51.5 Å². The van der Waals surface area contributed by atoms with Gasteiger partial charge in [-0.3, -0.25) is 19.4 Å². The van der Waals surface area contributed by atoms with Crippen LogP contribution in [0.25, 0.3) is 0 Å². The Balaban J connectivity index is 1.44. The summed E-state index contributed by atoms with van der Waals surface area (Å²) in [5, 5.41) is 0. The van der Waals surface area contributed by atoms with Crippen molar-refractivity contribution in [3.63, 3.8) is 0 Å². The molecule has 2 aliphatic rings. The number of rotatable bonds is 6. The molecule has 7 heteroatoms. The summed E-state index contributed by atoms with van der Waals surface area (Å²) >= 11 is 0. The molecule has 2 aliphatic heterocycles. The number of guanidine groups is 1. The maximum Gasteiger partial charge on any atom is 0.231 e. The van der Waals surface area contributed by atoms with E-state index in [0.29, 0.717) is 38.2 Å². The topological polar surface area (TPSA) is 91.9 Å². The largest absolute Gasteiger partial charge is 0.369 e. The molecule has 3 heterocycles. The standard InChI is InChI=1S/C25H31N5O2/c1-17(2)25(3)15-23(32)29(24(26)28-25)12-10-18-9-11-27-21(13-18)30-16-20(14-22(30)31)19-7-5-4-6-8-19/h4-9,11,13,17,20H,10,12,14-16H2,1-3H3,(H2,26,28)/t20?,25-/m0/s1. The van der Waals surface area contributed by atoms with Gasteiger partial charge in [0.05, 0.1) is 12.0 Å². The normalized spacial score (nSPS) is 23.8. The van der Waals surface area contributed by atoms with Crippen LogP contribution in [0.4, 0.5) is 5.82 Å². The third kappa shape index (κ3) is 4.38. The molecule has 2 atom stereocenters. The Hall–Kier alpha value is -3.22. The second kappa shape index (κ2) is 8.73. The monoisotopic (exact) mass is 433 g/mol. The predicted octanol–water partition coefficient (Wildman–Crippen LogP) is 3.11. The van der Waals surface area contributed by atoms with Gasteiger partial charge in [0.1, 0.15) is 5.82 Å². The maximum absolute atomic E-state index is 12.7. The van der Waals surface area contributed by atoms with E-state index in [1.54, 1.807) is 16.0 Å². The van der Waals surface area contributed by atoms with Crippen molar-refractivity contribution in [2.24, 2.45) is 16.6 Å². The fraction of sp³-hybridized carbons (Fsp3) is 0.440. The van der Waals surface area contributed by atoms with Gasteiger partial charge >= 0.3 is 0 Å². The summed E-state index contributed by atoms with van der Waals surface area (Å²) in [7, 11) is 0. The van der Waals surface area contributed by atoms with Crippen LogP contribution in [-0.4, -0.2) is 46.3 Å². The molecule has 0 saturated carbocycles. The van der Waals surface area contributed by atoms with Crippen LogP contribution < -0.4 is 10.6 Å². The highest BCUT2D eigenvalue weighted by molar-refractivity contribution is 5.99. The molecular formula is C25H31N5O2. The highest BCUT2D eigenvalue weighted by Gasteiger charge is 2.38. The minimum absolute atomic E-state index is 0.00315. The molecule has 7 nitrogen and oxygen atoms in total. The number of nitrogens with zero attached hydrogens (tertiary/aromatic N) is 4. The average molecular weight is 434 g/mol. The molecule has 1 unspecified atom stereocenters. The molecule has 1 saturated heterocycles. The number of pyridine rings is 1. The van der Waals surface area contributed by atoms with Crippen molar-refractivity contribution < 1.29 is 9.59 Å². The number of aromatic nitrogens is 1. The van der Waals surface area contributed by atoms with Crippen molar-refractivity contribution in [1.82, 2.24) is 9.88 Å². The van der Waals surface area contributed by atoms with E-state index < -0.39 is 5.54 Å². The molecule has 2 aromatic rings. The molecule has 1 aromatic heterocycles. The van der Waals surface area contributed by atoms with E-state index >= 15 is 0 Å². The fourth-order valence-corrected chi connectivity index (χ4v) is 4.35. The first-order valence-corrected chi connectivity index (χ1v) is 11.2. The van der Waals surface area contributed by atoms with E-state index in [2.05, 4.69) is 36.0 Å². The van der Waals surface area contributed by atoms with Crippen LogP contribution in [0.15, 0.2) is 53.7 Å². The Morgan fingerprint density at radius 3 is 2.59 bits per heavy atom. The zero-order chi connectivity index (χ0) is 22.9. The third-order valence-electron chi connectivity index (χ3n) is 6.81. The highest BCUT2D eigenvalue weighted by atomic mass is 16.2. The lowest BCUT2D eigenvalue weighted by atomic mass is 9.84. The number of benzene rings is 1. The number of hydrogen-bond donors (Lipinski definition) is 1. The summed E-state index contributed by atoms with van der Waals surface area (Å²) < 4.78 is 0. The van der Waals surface area contributed by atoms with E-state index in [9.17, 15) is 9.59 Å². The van der Waals surface area contributed by atoms with Crippen LogP contribution in [0.3, 0.4) is 0 Å². The molecular weight excluding hydrogens is 402 g/mol. The molecule has 0 bridgehead atoms. The van der Waals surface area contributed by atoms with Crippen molar-refractivity contribution >= 4 is 23.6 Å². The number of carbonyl (C=O) groups is 2. The molecule has 1 fully saturated rings. The molecule has 0 radical (unpaired) electrons. The lowest BCUT2D eigenvalue weighted by Gasteiger charge is -2.37. The van der Waals surface area contributed by atoms with Gasteiger partial charge < -0.3 is 5.73 Å². The summed E-state index contributed by atoms with van der Waals surface area (Å²) in [5.41, 5.74) is 7.88. The fourth-order valence-electron chi connectivity index (χ4n) is 4.35. The predicted molar refractivity (Wildman–Crippen MR) is 125 cm³/mol. The molecule has 0 spiro atoms. The molecule has 0 aliphatic carbocycles. The molecule has 1 aromatic carbocycles. The minimum atomic E-state index is -0.451. The first-order chi connectivity index (χ1) is 15.3. The van der Waals surface area contributed by atoms with Gasteiger partial charge in [-0.1, -0.05) is 44.2 Å². The van der Waals surface area contributed by atoms with Gasteiger partial charge in [0.2, 0.25) is 11.8 Å². The van der Waals surface area contributed by atoms with Gasteiger partial charge in [-0.25, -0.2) is 9.98 Å². The van der Waals surface area contributed by atoms with Gasteiger partial charge in [0, 0.05) is 31.6 Å². The van der Waals surface area contributed by atoms with E-state index in [0.717, 1.165) is 5.56 Å². The smallest absolute Gasteiger partial charge is 0.231 e. The van der Waals surface area contributed by atoms with Crippen molar-refractivity contribution in [3.8, 4) is 0 Å². The summed E-state index contributed by atoms with van der Waals surface area (Å²) in [4.78, 5) is 37.8. The number of aliphatic imine (C=N–C) groups is 1. The maximum atomic E-state index is 12.7. The first-order valence-electron chi connectivity index (χ1n) is 11.2. The van der Waals surface area contributed by atoms with Gasteiger partial charge in [0.25, 0.3) is 0 Å². The first kappa shape index (κ1) is 22.0. The number of carbonyl (C=O) groups excluding carboxylic acids is 2. The Bertz CT molecular complexity index is 1040. The van der Waals surface area contributed by atoms with E-state index in [1.807, 2.05) is 37.3 Å². The third-order valence-corrected chi connectivity index (χ3v) is 6.81. The van der Waals surface area contributed by atoms with Crippen LogP contribution in [-0.2, 0) is 16.0 Å². The number of nitrogens with two attached hydrogens (primary N) is 1. The molecule has 32 heavy (non-hydrogen) atoms.